The first-order chi connectivity index (χ1) is 12.1. The van der Waals surface area contributed by atoms with Crippen LogP contribution in [0.1, 0.15) is 30.4 Å². The van der Waals surface area contributed by atoms with Crippen LogP contribution in [0.5, 0.6) is 5.75 Å². The van der Waals surface area contributed by atoms with E-state index in [1.807, 2.05) is 17.0 Å². The molecule has 1 atom stereocenters. The summed E-state index contributed by atoms with van der Waals surface area (Å²) in [4.78, 5) is 16.8. The van der Waals surface area contributed by atoms with E-state index in [0.717, 1.165) is 50.6 Å². The highest BCUT2D eigenvalue weighted by atomic mass is 16.5. The van der Waals surface area contributed by atoms with Gasteiger partial charge in [0.25, 0.3) is 0 Å². The normalized spacial score (nSPS) is 21.5. The molecule has 0 aromatic heterocycles. The van der Waals surface area contributed by atoms with Gasteiger partial charge in [-0.15, -0.1) is 0 Å². The largest absolute Gasteiger partial charge is 0.493 e. The Kier molecular flexibility index (Phi) is 6.32. The lowest BCUT2D eigenvalue weighted by molar-refractivity contribution is -0.133. The molecule has 0 radical (unpaired) electrons. The lowest BCUT2D eigenvalue weighted by Crippen LogP contribution is -2.50. The molecule has 2 fully saturated rings. The van der Waals surface area contributed by atoms with Crippen LogP contribution in [0.3, 0.4) is 0 Å². The lowest BCUT2D eigenvalue weighted by Gasteiger charge is -2.35. The molecule has 3 rings (SSSR count). The van der Waals surface area contributed by atoms with Gasteiger partial charge in [-0.05, 0) is 43.9 Å². The molecule has 0 spiro atoms. The van der Waals surface area contributed by atoms with Crippen molar-refractivity contribution in [2.24, 2.45) is 0 Å². The molecule has 2 aliphatic heterocycles. The van der Waals surface area contributed by atoms with E-state index in [1.54, 1.807) is 0 Å². The van der Waals surface area contributed by atoms with E-state index >= 15 is 0 Å². The van der Waals surface area contributed by atoms with Gasteiger partial charge < -0.3 is 14.4 Å². The molecule has 138 valence electrons. The van der Waals surface area contributed by atoms with Crippen LogP contribution in [-0.4, -0.2) is 67.7 Å². The Morgan fingerprint density at radius 1 is 1.24 bits per heavy atom. The Labute approximate surface area is 150 Å². The predicted molar refractivity (Wildman–Crippen MR) is 98.0 cm³/mol. The number of hydrogen-bond acceptors (Lipinski definition) is 4. The molecule has 1 unspecified atom stereocenters. The van der Waals surface area contributed by atoms with Gasteiger partial charge in [-0.3, -0.25) is 9.69 Å². The summed E-state index contributed by atoms with van der Waals surface area (Å²) in [6.45, 7) is 10.0. The summed E-state index contributed by atoms with van der Waals surface area (Å²) in [6.07, 6.45) is 3.20. The van der Waals surface area contributed by atoms with E-state index in [2.05, 4.69) is 24.8 Å². The fraction of sp³-hybridized carbons (Fsp3) is 0.650. The van der Waals surface area contributed by atoms with E-state index < -0.39 is 0 Å². The van der Waals surface area contributed by atoms with E-state index in [0.29, 0.717) is 19.1 Å². The highest BCUT2D eigenvalue weighted by molar-refractivity contribution is 5.76. The van der Waals surface area contributed by atoms with Gasteiger partial charge in [0, 0.05) is 39.3 Å². The smallest absolute Gasteiger partial charge is 0.226 e. The van der Waals surface area contributed by atoms with Crippen LogP contribution >= 0.6 is 0 Å². The standard InChI is InChI=1S/C20H30N2O3/c1-16-5-3-7-19(17(16)2)25-14-8-20(23)22-11-9-21(10-12-22)15-18-6-4-13-24-18/h3,5,7,18H,4,6,8-15H2,1-2H3. The molecule has 2 aliphatic rings. The summed E-state index contributed by atoms with van der Waals surface area (Å²) < 4.78 is 11.5. The summed E-state index contributed by atoms with van der Waals surface area (Å²) in [5, 5.41) is 0. The fourth-order valence-corrected chi connectivity index (χ4v) is 3.54. The number of rotatable bonds is 6. The second kappa shape index (κ2) is 8.68. The maximum atomic E-state index is 12.4. The summed E-state index contributed by atoms with van der Waals surface area (Å²) in [7, 11) is 0. The SMILES string of the molecule is Cc1cccc(OCCC(=O)N2CCN(CC3CCCO3)CC2)c1C. The first-order valence-corrected chi connectivity index (χ1v) is 9.44. The maximum absolute atomic E-state index is 12.4. The van der Waals surface area contributed by atoms with E-state index in [9.17, 15) is 4.79 Å². The number of amides is 1. The Hall–Kier alpha value is -1.59. The van der Waals surface area contributed by atoms with Crippen LogP contribution in [0.2, 0.25) is 0 Å². The van der Waals surface area contributed by atoms with Crippen molar-refractivity contribution in [2.75, 3.05) is 45.9 Å². The zero-order valence-corrected chi connectivity index (χ0v) is 15.5. The van der Waals surface area contributed by atoms with E-state index in [4.69, 9.17) is 9.47 Å². The molecule has 5 nitrogen and oxygen atoms in total. The predicted octanol–water partition coefficient (Wildman–Crippen LogP) is 2.40. The minimum Gasteiger partial charge on any atom is -0.493 e. The number of nitrogens with zero attached hydrogens (tertiary/aromatic N) is 2. The molecule has 0 aliphatic carbocycles. The van der Waals surface area contributed by atoms with Gasteiger partial charge >= 0.3 is 0 Å². The minimum absolute atomic E-state index is 0.196. The van der Waals surface area contributed by atoms with Gasteiger partial charge in [-0.1, -0.05) is 12.1 Å². The number of aryl methyl sites for hydroxylation is 1. The van der Waals surface area contributed by atoms with Gasteiger partial charge in [-0.2, -0.15) is 0 Å². The summed E-state index contributed by atoms with van der Waals surface area (Å²) in [6, 6.07) is 6.03. The third-order valence-electron chi connectivity index (χ3n) is 5.34. The molecule has 2 heterocycles. The number of hydrogen-bond donors (Lipinski definition) is 0. The summed E-state index contributed by atoms with van der Waals surface area (Å²) in [5.74, 6) is 1.08. The van der Waals surface area contributed by atoms with E-state index in [1.165, 1.54) is 18.4 Å². The molecule has 1 aromatic rings. The molecule has 2 saturated heterocycles. The van der Waals surface area contributed by atoms with Crippen molar-refractivity contribution >= 4 is 5.91 Å². The third-order valence-corrected chi connectivity index (χ3v) is 5.34. The Balaban J connectivity index is 1.37. The van der Waals surface area contributed by atoms with Gasteiger partial charge in [0.05, 0.1) is 19.1 Å². The average molecular weight is 346 g/mol. The van der Waals surface area contributed by atoms with Crippen LogP contribution in [-0.2, 0) is 9.53 Å². The van der Waals surface area contributed by atoms with Crippen LogP contribution in [0.25, 0.3) is 0 Å². The number of benzene rings is 1. The number of piperazine rings is 1. The molecule has 0 bridgehead atoms. The Bertz CT molecular complexity index is 576. The number of carbonyl (C=O) groups is 1. The average Bonchev–Trinajstić information content (AvgIpc) is 3.12. The van der Waals surface area contributed by atoms with Gasteiger partial charge in [-0.25, -0.2) is 0 Å². The lowest BCUT2D eigenvalue weighted by atomic mass is 10.1. The van der Waals surface area contributed by atoms with Gasteiger partial charge in [0.2, 0.25) is 5.91 Å². The van der Waals surface area contributed by atoms with Crippen LogP contribution in [0, 0.1) is 13.8 Å². The van der Waals surface area contributed by atoms with Crippen molar-refractivity contribution in [3.05, 3.63) is 29.3 Å². The summed E-state index contributed by atoms with van der Waals surface area (Å²) in [5.41, 5.74) is 2.36. The Morgan fingerprint density at radius 2 is 2.04 bits per heavy atom. The quantitative estimate of drug-likeness (QED) is 0.793. The van der Waals surface area contributed by atoms with Gasteiger partial charge in [0.1, 0.15) is 5.75 Å². The minimum atomic E-state index is 0.196. The van der Waals surface area contributed by atoms with E-state index in [-0.39, 0.29) is 5.91 Å². The molecule has 1 amide bonds. The molecule has 25 heavy (non-hydrogen) atoms. The van der Waals surface area contributed by atoms with Crippen LogP contribution in [0.4, 0.5) is 0 Å². The van der Waals surface area contributed by atoms with Crippen molar-refractivity contribution in [3.63, 3.8) is 0 Å². The van der Waals surface area contributed by atoms with Crippen molar-refractivity contribution in [2.45, 2.75) is 39.2 Å². The molecule has 0 N–H and O–H groups in total. The van der Waals surface area contributed by atoms with Crippen molar-refractivity contribution < 1.29 is 14.3 Å². The zero-order valence-electron chi connectivity index (χ0n) is 15.5. The fourth-order valence-electron chi connectivity index (χ4n) is 3.54. The van der Waals surface area contributed by atoms with Crippen LogP contribution < -0.4 is 4.74 Å². The van der Waals surface area contributed by atoms with Crippen molar-refractivity contribution in [1.82, 2.24) is 9.80 Å². The second-order valence-corrected chi connectivity index (χ2v) is 7.11. The highest BCUT2D eigenvalue weighted by Gasteiger charge is 2.24. The van der Waals surface area contributed by atoms with Crippen molar-refractivity contribution in [1.29, 1.82) is 0 Å². The topological polar surface area (TPSA) is 42.0 Å². The Morgan fingerprint density at radius 3 is 2.76 bits per heavy atom. The maximum Gasteiger partial charge on any atom is 0.226 e. The molecular formula is C20H30N2O3. The first-order valence-electron chi connectivity index (χ1n) is 9.44. The highest BCUT2D eigenvalue weighted by Crippen LogP contribution is 2.20. The first kappa shape index (κ1) is 18.2. The molecular weight excluding hydrogens is 316 g/mol. The summed E-state index contributed by atoms with van der Waals surface area (Å²) >= 11 is 0. The monoisotopic (exact) mass is 346 g/mol. The molecule has 1 aromatic carbocycles. The molecule has 5 heteroatoms. The molecule has 0 saturated carbocycles. The van der Waals surface area contributed by atoms with Crippen molar-refractivity contribution in [3.8, 4) is 5.75 Å². The van der Waals surface area contributed by atoms with Crippen LogP contribution in [0.15, 0.2) is 18.2 Å². The van der Waals surface area contributed by atoms with Gasteiger partial charge in [0.15, 0.2) is 0 Å². The second-order valence-electron chi connectivity index (χ2n) is 7.11. The third kappa shape index (κ3) is 4.95. The zero-order chi connectivity index (χ0) is 17.6. The number of ether oxygens (including phenoxy) is 2. The number of carbonyl (C=O) groups excluding carboxylic acids is 1.